The maximum absolute atomic E-state index is 11.6. The third-order valence-electron chi connectivity index (χ3n) is 2.22. The van der Waals surface area contributed by atoms with Crippen molar-refractivity contribution in [1.29, 1.82) is 5.26 Å². The lowest BCUT2D eigenvalue weighted by Gasteiger charge is -2.06. The Labute approximate surface area is 110 Å². The minimum Gasteiger partial charge on any atom is -0.511 e. The van der Waals surface area contributed by atoms with Crippen molar-refractivity contribution in [3.63, 3.8) is 0 Å². The van der Waals surface area contributed by atoms with Crippen LogP contribution in [-0.4, -0.2) is 25.7 Å². The summed E-state index contributed by atoms with van der Waals surface area (Å²) in [6.07, 6.45) is 1.05. The number of aliphatic hydroxyl groups excluding tert-OH is 1. The van der Waals surface area contributed by atoms with E-state index in [4.69, 9.17) is 10.4 Å². The van der Waals surface area contributed by atoms with E-state index in [1.165, 1.54) is 31.2 Å². The van der Waals surface area contributed by atoms with Gasteiger partial charge in [-0.1, -0.05) is 6.07 Å². The van der Waals surface area contributed by atoms with Gasteiger partial charge in [0.05, 0.1) is 4.90 Å². The molecular weight excluding hydrogens is 268 g/mol. The van der Waals surface area contributed by atoms with Crippen LogP contribution >= 0.6 is 0 Å². The van der Waals surface area contributed by atoms with Crippen LogP contribution in [0.2, 0.25) is 0 Å². The number of rotatable bonds is 3. The van der Waals surface area contributed by atoms with Crippen LogP contribution in [-0.2, 0) is 14.6 Å². The smallest absolute Gasteiger partial charge is 0.269 e. The van der Waals surface area contributed by atoms with Crippen LogP contribution in [0, 0.1) is 11.3 Å². The maximum Gasteiger partial charge on any atom is 0.269 e. The number of carbonyl (C=O) groups excluding carboxylic acids is 1. The molecule has 1 aromatic rings. The third kappa shape index (κ3) is 3.82. The monoisotopic (exact) mass is 280 g/mol. The standard InChI is InChI=1S/C12H12N2O4S/c1-8(15)11(7-13)12(16)14-9-4-3-5-10(6-9)19(2,17)18/h3-6,15H,1-2H3,(H,14,16)/b11-8-. The van der Waals surface area contributed by atoms with Crippen LogP contribution in [0.5, 0.6) is 0 Å². The van der Waals surface area contributed by atoms with E-state index in [1.54, 1.807) is 6.07 Å². The summed E-state index contributed by atoms with van der Waals surface area (Å²) in [4.78, 5) is 11.7. The average Bonchev–Trinajstić information content (AvgIpc) is 2.28. The average molecular weight is 280 g/mol. The molecule has 19 heavy (non-hydrogen) atoms. The Morgan fingerprint density at radius 1 is 1.42 bits per heavy atom. The van der Waals surface area contributed by atoms with Crippen molar-refractivity contribution < 1.29 is 18.3 Å². The van der Waals surface area contributed by atoms with Crippen molar-refractivity contribution in [2.24, 2.45) is 0 Å². The van der Waals surface area contributed by atoms with Crippen molar-refractivity contribution in [2.75, 3.05) is 11.6 Å². The second kappa shape index (κ2) is 5.54. The van der Waals surface area contributed by atoms with Crippen molar-refractivity contribution in [1.82, 2.24) is 0 Å². The zero-order valence-electron chi connectivity index (χ0n) is 10.3. The SMILES string of the molecule is C/C(O)=C(\C#N)C(=O)Nc1cccc(S(C)(=O)=O)c1. The lowest BCUT2D eigenvalue weighted by Crippen LogP contribution is -2.15. The molecule has 0 aliphatic heterocycles. The summed E-state index contributed by atoms with van der Waals surface area (Å²) >= 11 is 0. The van der Waals surface area contributed by atoms with Crippen LogP contribution < -0.4 is 5.32 Å². The number of amides is 1. The van der Waals surface area contributed by atoms with Gasteiger partial charge < -0.3 is 10.4 Å². The fourth-order valence-corrected chi connectivity index (χ4v) is 1.96. The number of nitrogens with one attached hydrogen (secondary N) is 1. The molecule has 0 saturated heterocycles. The number of hydrogen-bond donors (Lipinski definition) is 2. The first-order valence-electron chi connectivity index (χ1n) is 5.17. The number of hydrogen-bond acceptors (Lipinski definition) is 5. The van der Waals surface area contributed by atoms with Crippen molar-refractivity contribution in [3.05, 3.63) is 35.6 Å². The Kier molecular flexibility index (Phi) is 4.30. The molecule has 0 aliphatic rings. The number of nitrogens with zero attached hydrogens (tertiary/aromatic N) is 1. The van der Waals surface area contributed by atoms with E-state index in [9.17, 15) is 13.2 Å². The Balaban J connectivity index is 3.06. The van der Waals surface area contributed by atoms with E-state index < -0.39 is 27.1 Å². The molecule has 0 atom stereocenters. The van der Waals surface area contributed by atoms with E-state index in [1.807, 2.05) is 0 Å². The summed E-state index contributed by atoms with van der Waals surface area (Å²) in [5, 5.41) is 20.2. The third-order valence-corrected chi connectivity index (χ3v) is 3.33. The summed E-state index contributed by atoms with van der Waals surface area (Å²) in [6, 6.07) is 7.18. The van der Waals surface area contributed by atoms with Gasteiger partial charge in [-0.15, -0.1) is 0 Å². The zero-order chi connectivity index (χ0) is 14.6. The molecule has 2 N–H and O–H groups in total. The highest BCUT2D eigenvalue weighted by molar-refractivity contribution is 7.90. The Bertz CT molecular complexity index is 680. The molecule has 7 heteroatoms. The van der Waals surface area contributed by atoms with Crippen molar-refractivity contribution >= 4 is 21.4 Å². The van der Waals surface area contributed by atoms with E-state index in [-0.39, 0.29) is 10.6 Å². The largest absolute Gasteiger partial charge is 0.511 e. The summed E-state index contributed by atoms with van der Waals surface area (Å²) in [5.74, 6) is -1.20. The molecule has 1 rings (SSSR count). The van der Waals surface area contributed by atoms with Gasteiger partial charge in [-0.25, -0.2) is 8.42 Å². The van der Waals surface area contributed by atoms with E-state index in [0.29, 0.717) is 0 Å². The molecule has 0 heterocycles. The van der Waals surface area contributed by atoms with Crippen molar-refractivity contribution in [2.45, 2.75) is 11.8 Å². The molecule has 0 aliphatic carbocycles. The molecular formula is C12H12N2O4S. The van der Waals surface area contributed by atoms with Crippen LogP contribution in [0.15, 0.2) is 40.5 Å². The zero-order valence-corrected chi connectivity index (χ0v) is 11.2. The van der Waals surface area contributed by atoms with Gasteiger partial charge in [-0.05, 0) is 25.1 Å². The highest BCUT2D eigenvalue weighted by Gasteiger charge is 2.14. The molecule has 0 unspecified atom stereocenters. The van der Waals surface area contributed by atoms with Gasteiger partial charge in [0, 0.05) is 11.9 Å². The molecule has 1 amide bonds. The molecule has 0 saturated carbocycles. The van der Waals surface area contributed by atoms with Crippen LogP contribution in [0.1, 0.15) is 6.92 Å². The highest BCUT2D eigenvalue weighted by Crippen LogP contribution is 2.16. The normalized spacial score (nSPS) is 12.3. The van der Waals surface area contributed by atoms with Crippen LogP contribution in [0.25, 0.3) is 0 Å². The molecule has 6 nitrogen and oxygen atoms in total. The molecule has 0 bridgehead atoms. The predicted molar refractivity (Wildman–Crippen MR) is 69.1 cm³/mol. The molecule has 0 aromatic heterocycles. The maximum atomic E-state index is 11.6. The van der Waals surface area contributed by atoms with Gasteiger partial charge in [0.25, 0.3) is 5.91 Å². The van der Waals surface area contributed by atoms with Gasteiger partial charge in [-0.2, -0.15) is 5.26 Å². The number of aliphatic hydroxyl groups is 1. The second-order valence-corrected chi connectivity index (χ2v) is 5.84. The highest BCUT2D eigenvalue weighted by atomic mass is 32.2. The van der Waals surface area contributed by atoms with Gasteiger partial charge in [0.2, 0.25) is 0 Å². The summed E-state index contributed by atoms with van der Waals surface area (Å²) in [6.45, 7) is 1.21. The molecule has 100 valence electrons. The molecule has 1 aromatic carbocycles. The fourth-order valence-electron chi connectivity index (χ4n) is 1.29. The van der Waals surface area contributed by atoms with Gasteiger partial charge in [0.15, 0.2) is 15.4 Å². The number of sulfone groups is 1. The van der Waals surface area contributed by atoms with Gasteiger partial charge >= 0.3 is 0 Å². The fraction of sp³-hybridized carbons (Fsp3) is 0.167. The van der Waals surface area contributed by atoms with Crippen LogP contribution in [0.3, 0.4) is 0 Å². The first-order valence-corrected chi connectivity index (χ1v) is 7.06. The Morgan fingerprint density at radius 2 is 2.05 bits per heavy atom. The minimum absolute atomic E-state index is 0.0495. The van der Waals surface area contributed by atoms with E-state index in [2.05, 4.69) is 5.32 Å². The van der Waals surface area contributed by atoms with Gasteiger partial charge in [-0.3, -0.25) is 4.79 Å². The quantitative estimate of drug-likeness (QED) is 0.494. The van der Waals surface area contributed by atoms with E-state index in [0.717, 1.165) is 6.26 Å². The number of anilines is 1. The minimum atomic E-state index is -3.38. The Hall–Kier alpha value is -2.33. The molecule has 0 fully saturated rings. The predicted octanol–water partition coefficient (Wildman–Crippen LogP) is 1.38. The lowest BCUT2D eigenvalue weighted by molar-refractivity contribution is -0.112. The number of carbonyl (C=O) groups is 1. The summed E-state index contributed by atoms with van der Waals surface area (Å²) in [5.41, 5.74) is -0.202. The number of nitriles is 1. The van der Waals surface area contributed by atoms with Crippen LogP contribution in [0.4, 0.5) is 5.69 Å². The summed E-state index contributed by atoms with van der Waals surface area (Å²) < 4.78 is 22.7. The second-order valence-electron chi connectivity index (χ2n) is 3.83. The number of allylic oxidation sites excluding steroid dienone is 1. The van der Waals surface area contributed by atoms with Gasteiger partial charge in [0.1, 0.15) is 11.8 Å². The first kappa shape index (κ1) is 14.7. The Morgan fingerprint density at radius 3 is 2.53 bits per heavy atom. The molecule has 0 spiro atoms. The first-order chi connectivity index (χ1) is 8.75. The lowest BCUT2D eigenvalue weighted by atomic mass is 10.2. The number of benzene rings is 1. The topological polar surface area (TPSA) is 107 Å². The summed E-state index contributed by atoms with van der Waals surface area (Å²) in [7, 11) is -3.38. The molecule has 0 radical (unpaired) electrons. The van der Waals surface area contributed by atoms with E-state index >= 15 is 0 Å². The van der Waals surface area contributed by atoms with Crippen molar-refractivity contribution in [3.8, 4) is 6.07 Å².